The summed E-state index contributed by atoms with van der Waals surface area (Å²) in [5, 5.41) is 3.76. The summed E-state index contributed by atoms with van der Waals surface area (Å²) < 4.78 is 5.20. The van der Waals surface area contributed by atoms with Crippen molar-refractivity contribution in [3.8, 4) is 5.75 Å². The van der Waals surface area contributed by atoms with Crippen molar-refractivity contribution in [1.82, 2.24) is 0 Å². The van der Waals surface area contributed by atoms with E-state index in [2.05, 4.69) is 5.32 Å². The number of hydrogen-bond donors (Lipinski definition) is 1. The number of anilines is 2. The molecule has 0 radical (unpaired) electrons. The zero-order chi connectivity index (χ0) is 22.8. The van der Waals surface area contributed by atoms with Crippen molar-refractivity contribution in [3.05, 3.63) is 93.5 Å². The molecule has 1 N–H and O–H groups in total. The quantitative estimate of drug-likeness (QED) is 0.456. The Kier molecular flexibility index (Phi) is 6.26. The highest BCUT2D eigenvalue weighted by molar-refractivity contribution is 8.04. The van der Waals surface area contributed by atoms with Crippen LogP contribution >= 0.6 is 23.4 Å². The first-order chi connectivity index (χ1) is 15.4. The molecule has 4 rings (SSSR count). The maximum atomic E-state index is 13.5. The van der Waals surface area contributed by atoms with E-state index >= 15 is 0 Å². The van der Waals surface area contributed by atoms with Gasteiger partial charge in [0.25, 0.3) is 11.8 Å². The van der Waals surface area contributed by atoms with Crippen molar-refractivity contribution >= 4 is 46.6 Å². The van der Waals surface area contributed by atoms with Crippen molar-refractivity contribution in [1.29, 1.82) is 0 Å². The summed E-state index contributed by atoms with van der Waals surface area (Å²) in [7, 11) is 1.59. The van der Waals surface area contributed by atoms with Crippen molar-refractivity contribution < 1.29 is 14.3 Å². The number of amides is 2. The third-order valence-corrected chi connectivity index (χ3v) is 6.38. The largest absolute Gasteiger partial charge is 0.497 e. The van der Waals surface area contributed by atoms with Crippen LogP contribution in [0.1, 0.15) is 11.1 Å². The Balaban J connectivity index is 1.75. The highest BCUT2D eigenvalue weighted by Gasteiger charge is 2.40. The number of rotatable bonds is 6. The van der Waals surface area contributed by atoms with Gasteiger partial charge in [0, 0.05) is 15.6 Å². The van der Waals surface area contributed by atoms with Gasteiger partial charge in [-0.05, 0) is 79.6 Å². The van der Waals surface area contributed by atoms with E-state index in [-0.39, 0.29) is 11.6 Å². The van der Waals surface area contributed by atoms with Gasteiger partial charge in [-0.3, -0.25) is 9.59 Å². The van der Waals surface area contributed by atoms with Crippen LogP contribution in [0.4, 0.5) is 11.4 Å². The molecule has 3 aromatic carbocycles. The van der Waals surface area contributed by atoms with Crippen LogP contribution in [0.3, 0.4) is 0 Å². The van der Waals surface area contributed by atoms with E-state index in [4.69, 9.17) is 16.3 Å². The molecule has 1 heterocycles. The van der Waals surface area contributed by atoms with Crippen molar-refractivity contribution in [2.45, 2.75) is 18.7 Å². The van der Waals surface area contributed by atoms with Gasteiger partial charge in [-0.1, -0.05) is 35.5 Å². The van der Waals surface area contributed by atoms with Gasteiger partial charge in [0.05, 0.1) is 12.8 Å². The predicted octanol–water partition coefficient (Wildman–Crippen LogP) is 5.95. The number of aryl methyl sites for hydroxylation is 2. The van der Waals surface area contributed by atoms with Crippen LogP contribution < -0.4 is 15.0 Å². The zero-order valence-electron chi connectivity index (χ0n) is 17.8. The molecule has 0 saturated carbocycles. The molecule has 2 amide bonds. The molecule has 5 nitrogen and oxygen atoms in total. The van der Waals surface area contributed by atoms with E-state index in [0.717, 1.165) is 16.0 Å². The topological polar surface area (TPSA) is 58.6 Å². The Morgan fingerprint density at radius 3 is 2.25 bits per heavy atom. The average Bonchev–Trinajstić information content (AvgIpc) is 3.01. The smallest absolute Gasteiger partial charge is 0.283 e. The summed E-state index contributed by atoms with van der Waals surface area (Å²) in [4.78, 5) is 29.4. The van der Waals surface area contributed by atoms with Crippen molar-refractivity contribution in [3.63, 3.8) is 0 Å². The molecule has 0 spiro atoms. The van der Waals surface area contributed by atoms with E-state index in [1.54, 1.807) is 43.5 Å². The van der Waals surface area contributed by atoms with E-state index < -0.39 is 5.91 Å². The summed E-state index contributed by atoms with van der Waals surface area (Å²) in [5.41, 5.74) is 3.31. The Labute approximate surface area is 196 Å². The molecular weight excluding hydrogens is 444 g/mol. The molecule has 0 saturated heterocycles. The molecule has 3 aromatic rings. The average molecular weight is 465 g/mol. The number of methoxy groups -OCH3 is 1. The summed E-state index contributed by atoms with van der Waals surface area (Å²) in [5.74, 6) is -0.0539. The van der Waals surface area contributed by atoms with Gasteiger partial charge in [-0.2, -0.15) is 0 Å². The van der Waals surface area contributed by atoms with Crippen LogP contribution in [0.2, 0.25) is 5.02 Å². The summed E-state index contributed by atoms with van der Waals surface area (Å²) in [6, 6.07) is 20.1. The molecule has 1 aliphatic rings. The minimum Gasteiger partial charge on any atom is -0.497 e. The fourth-order valence-corrected chi connectivity index (χ4v) is 4.39. The third-order valence-electron chi connectivity index (χ3n) is 5.04. The number of imide groups is 1. The second-order valence-corrected chi connectivity index (χ2v) is 8.87. The number of nitrogens with one attached hydrogen (secondary N) is 1. The van der Waals surface area contributed by atoms with Crippen LogP contribution in [0.15, 0.2) is 82.2 Å². The summed E-state index contributed by atoms with van der Waals surface area (Å²) >= 11 is 7.24. The Hall–Kier alpha value is -3.22. The summed E-state index contributed by atoms with van der Waals surface area (Å²) in [6.07, 6.45) is 0. The molecule has 0 fully saturated rings. The molecule has 0 bridgehead atoms. The first-order valence-corrected chi connectivity index (χ1v) is 11.1. The molecule has 32 heavy (non-hydrogen) atoms. The molecule has 7 heteroatoms. The van der Waals surface area contributed by atoms with Gasteiger partial charge < -0.3 is 10.1 Å². The Morgan fingerprint density at radius 1 is 0.906 bits per heavy atom. The minimum absolute atomic E-state index is 0.237. The maximum Gasteiger partial charge on any atom is 0.283 e. The van der Waals surface area contributed by atoms with Gasteiger partial charge in [0.1, 0.15) is 16.4 Å². The molecular formula is C25H21ClN2O3S. The number of thioether (sulfide) groups is 1. The van der Waals surface area contributed by atoms with E-state index in [1.165, 1.54) is 16.7 Å². The number of nitrogens with zero attached hydrogens (tertiary/aromatic N) is 1. The fraction of sp³-hybridized carbons (Fsp3) is 0.120. The zero-order valence-corrected chi connectivity index (χ0v) is 19.4. The lowest BCUT2D eigenvalue weighted by Gasteiger charge is -2.18. The number of carbonyl (C=O) groups is 2. The number of benzene rings is 3. The van der Waals surface area contributed by atoms with Gasteiger partial charge >= 0.3 is 0 Å². The minimum atomic E-state index is -0.393. The van der Waals surface area contributed by atoms with Crippen LogP contribution in [-0.2, 0) is 9.59 Å². The lowest BCUT2D eigenvalue weighted by atomic mass is 10.1. The Morgan fingerprint density at radius 2 is 1.59 bits per heavy atom. The molecule has 0 unspecified atom stereocenters. The second-order valence-electron chi connectivity index (χ2n) is 7.35. The SMILES string of the molecule is COc1ccc(NC2=C(Sc3ccc(Cl)cc3)C(=O)N(c3cc(C)ccc3C)C2=O)cc1. The maximum absolute atomic E-state index is 13.5. The van der Waals surface area contributed by atoms with Crippen LogP contribution in [-0.4, -0.2) is 18.9 Å². The number of halogens is 1. The lowest BCUT2D eigenvalue weighted by molar-refractivity contribution is -0.120. The predicted molar refractivity (Wildman–Crippen MR) is 129 cm³/mol. The van der Waals surface area contributed by atoms with Crippen LogP contribution in [0.5, 0.6) is 5.75 Å². The van der Waals surface area contributed by atoms with E-state index in [0.29, 0.717) is 27.1 Å². The number of ether oxygens (including phenoxy) is 1. The fourth-order valence-electron chi connectivity index (χ4n) is 3.33. The second kappa shape index (κ2) is 9.10. The van der Waals surface area contributed by atoms with E-state index in [9.17, 15) is 9.59 Å². The van der Waals surface area contributed by atoms with Crippen LogP contribution in [0.25, 0.3) is 0 Å². The first-order valence-electron chi connectivity index (χ1n) is 9.92. The van der Waals surface area contributed by atoms with Crippen molar-refractivity contribution in [2.24, 2.45) is 0 Å². The number of hydrogen-bond acceptors (Lipinski definition) is 5. The lowest BCUT2D eigenvalue weighted by Crippen LogP contribution is -2.33. The van der Waals surface area contributed by atoms with Gasteiger partial charge in [0.15, 0.2) is 0 Å². The standard InChI is InChI=1S/C25H21ClN2O3S/c1-15-4-5-16(2)21(14-15)28-24(29)22(27-18-8-10-19(31-3)11-9-18)23(25(28)30)32-20-12-6-17(26)7-13-20/h4-14,27H,1-3H3. The first kappa shape index (κ1) is 22.0. The van der Waals surface area contributed by atoms with Gasteiger partial charge in [-0.15, -0.1) is 0 Å². The molecule has 0 aromatic heterocycles. The molecule has 162 valence electrons. The number of carbonyl (C=O) groups excluding carboxylic acids is 2. The molecule has 0 aliphatic carbocycles. The normalized spacial score (nSPS) is 13.7. The monoisotopic (exact) mass is 464 g/mol. The van der Waals surface area contributed by atoms with Gasteiger partial charge in [-0.25, -0.2) is 4.90 Å². The van der Waals surface area contributed by atoms with E-state index in [1.807, 2.05) is 44.2 Å². The molecule has 0 atom stereocenters. The Bertz CT molecular complexity index is 1220. The van der Waals surface area contributed by atoms with Gasteiger partial charge in [0.2, 0.25) is 0 Å². The van der Waals surface area contributed by atoms with Crippen molar-refractivity contribution in [2.75, 3.05) is 17.3 Å². The highest BCUT2D eigenvalue weighted by Crippen LogP contribution is 2.39. The highest BCUT2D eigenvalue weighted by atomic mass is 35.5. The van der Waals surface area contributed by atoms with Crippen LogP contribution in [0, 0.1) is 13.8 Å². The summed E-state index contributed by atoms with van der Waals surface area (Å²) in [6.45, 7) is 3.82. The third kappa shape index (κ3) is 4.38. The molecule has 1 aliphatic heterocycles.